The van der Waals surface area contributed by atoms with E-state index in [1.54, 1.807) is 0 Å². The molecule has 0 saturated carbocycles. The Hall–Kier alpha value is -2.23. The highest BCUT2D eigenvalue weighted by atomic mass is 19.4. The second-order valence-electron chi connectivity index (χ2n) is 4.67. The molecule has 0 heterocycles. The van der Waals surface area contributed by atoms with E-state index in [9.17, 15) is 32.3 Å². The number of halogens is 3. The van der Waals surface area contributed by atoms with Crippen molar-refractivity contribution in [3.63, 3.8) is 0 Å². The fraction of sp³-hybridized carbons (Fsp3) is 0.571. The monoisotopic (exact) mass is 354 g/mol. The first-order chi connectivity index (χ1) is 11.0. The first-order valence-corrected chi connectivity index (χ1v) is 6.62. The highest BCUT2D eigenvalue weighted by Gasteiger charge is 2.30. The van der Waals surface area contributed by atoms with Gasteiger partial charge in [0.2, 0.25) is 0 Å². The van der Waals surface area contributed by atoms with Crippen LogP contribution in [0, 0.1) is 5.92 Å². The quantitative estimate of drug-likeness (QED) is 0.250. The summed E-state index contributed by atoms with van der Waals surface area (Å²) < 4.78 is 49.0. The third kappa shape index (κ3) is 9.03. The Bertz CT molecular complexity index is 497. The predicted molar refractivity (Wildman–Crippen MR) is 72.8 cm³/mol. The second kappa shape index (κ2) is 9.81. The Balaban J connectivity index is 4.03. The highest BCUT2D eigenvalue weighted by Crippen LogP contribution is 2.15. The molecule has 0 saturated heterocycles. The molecule has 0 spiro atoms. The molecular weight excluding hydrogens is 337 g/mol. The average molecular weight is 354 g/mol. The van der Waals surface area contributed by atoms with Crippen LogP contribution in [0.4, 0.5) is 13.2 Å². The maximum Gasteiger partial charge on any atom is 0.422 e. The number of ketones is 2. The zero-order valence-corrected chi connectivity index (χ0v) is 13.1. The Morgan fingerprint density at radius 1 is 1.00 bits per heavy atom. The molecule has 136 valence electrons. The number of alkyl halides is 3. The molecule has 0 N–H and O–H groups in total. The highest BCUT2D eigenvalue weighted by molar-refractivity contribution is 6.15. The normalized spacial score (nSPS) is 11.1. The lowest BCUT2D eigenvalue weighted by molar-refractivity contribution is -0.183. The fourth-order valence-electron chi connectivity index (χ4n) is 1.41. The molecule has 0 aliphatic heterocycles. The van der Waals surface area contributed by atoms with Crippen LogP contribution in [0.1, 0.15) is 13.8 Å². The van der Waals surface area contributed by atoms with Gasteiger partial charge in [0.15, 0.2) is 24.1 Å². The van der Waals surface area contributed by atoms with Crippen LogP contribution in [0.2, 0.25) is 0 Å². The fourth-order valence-corrected chi connectivity index (χ4v) is 1.41. The number of carbonyl (C=O) groups is 4. The van der Waals surface area contributed by atoms with E-state index in [0.29, 0.717) is 0 Å². The number of hydrogen-bond donors (Lipinski definition) is 0. The number of hydrogen-bond acceptors (Lipinski definition) is 7. The van der Waals surface area contributed by atoms with E-state index in [2.05, 4.69) is 16.1 Å². The topological polar surface area (TPSA) is 96.0 Å². The molecule has 0 aromatic rings. The van der Waals surface area contributed by atoms with Crippen LogP contribution in [0.3, 0.4) is 0 Å². The summed E-state index contributed by atoms with van der Waals surface area (Å²) in [6.45, 7) is 2.63. The van der Waals surface area contributed by atoms with Crippen LogP contribution >= 0.6 is 0 Å². The first-order valence-electron chi connectivity index (χ1n) is 6.62. The van der Waals surface area contributed by atoms with Crippen LogP contribution < -0.4 is 0 Å². The molecule has 24 heavy (non-hydrogen) atoms. The second-order valence-corrected chi connectivity index (χ2v) is 4.67. The molecule has 0 amide bonds. The number of rotatable bonds is 10. The summed E-state index contributed by atoms with van der Waals surface area (Å²) in [5.74, 6) is -5.11. The summed E-state index contributed by atoms with van der Waals surface area (Å²) in [5.41, 5.74) is -0.351. The molecule has 10 heteroatoms. The third-order valence-electron chi connectivity index (χ3n) is 2.45. The van der Waals surface area contributed by atoms with Crippen LogP contribution in [-0.4, -0.2) is 56.1 Å². The van der Waals surface area contributed by atoms with Crippen molar-refractivity contribution in [1.82, 2.24) is 0 Å². The van der Waals surface area contributed by atoms with Gasteiger partial charge in [0, 0.05) is 0 Å². The van der Waals surface area contributed by atoms with Crippen molar-refractivity contribution in [2.24, 2.45) is 5.92 Å². The lowest BCUT2D eigenvalue weighted by Gasteiger charge is -2.11. The van der Waals surface area contributed by atoms with E-state index >= 15 is 0 Å². The Morgan fingerprint density at radius 3 is 2.00 bits per heavy atom. The van der Waals surface area contributed by atoms with E-state index in [1.165, 1.54) is 0 Å². The Morgan fingerprint density at radius 2 is 1.54 bits per heavy atom. The maximum atomic E-state index is 11.9. The minimum atomic E-state index is -4.64. The number of esters is 2. The summed E-state index contributed by atoms with van der Waals surface area (Å²) in [6, 6.07) is 0. The number of ether oxygens (including phenoxy) is 3. The van der Waals surface area contributed by atoms with Gasteiger partial charge in [0.25, 0.3) is 0 Å². The van der Waals surface area contributed by atoms with Crippen LogP contribution in [0.5, 0.6) is 0 Å². The lowest BCUT2D eigenvalue weighted by atomic mass is 10.0. The van der Waals surface area contributed by atoms with Crippen LogP contribution in [-0.2, 0) is 33.4 Å². The van der Waals surface area contributed by atoms with Crippen molar-refractivity contribution in [2.75, 3.05) is 26.4 Å². The van der Waals surface area contributed by atoms with Gasteiger partial charge < -0.3 is 14.2 Å². The van der Waals surface area contributed by atoms with Gasteiger partial charge in [-0.3, -0.25) is 14.4 Å². The van der Waals surface area contributed by atoms with Gasteiger partial charge in [-0.15, -0.1) is 0 Å². The molecule has 0 bridgehead atoms. The van der Waals surface area contributed by atoms with Crippen molar-refractivity contribution in [3.05, 3.63) is 12.2 Å². The molecule has 0 fully saturated rings. The maximum absolute atomic E-state index is 11.9. The molecule has 0 radical (unpaired) electrons. The Kier molecular flexibility index (Phi) is 8.90. The van der Waals surface area contributed by atoms with E-state index < -0.39 is 48.8 Å². The Labute approximate surface area is 135 Å². The van der Waals surface area contributed by atoms with E-state index in [0.717, 1.165) is 13.8 Å². The van der Waals surface area contributed by atoms with Crippen LogP contribution in [0.15, 0.2) is 12.2 Å². The summed E-state index contributed by atoms with van der Waals surface area (Å²) in [7, 11) is 0. The van der Waals surface area contributed by atoms with Crippen molar-refractivity contribution in [2.45, 2.75) is 20.0 Å². The molecule has 0 rings (SSSR count). The first kappa shape index (κ1) is 21.8. The minimum Gasteiger partial charge on any atom is -0.462 e. The third-order valence-corrected chi connectivity index (χ3v) is 2.45. The molecule has 0 atom stereocenters. The lowest BCUT2D eigenvalue weighted by Crippen LogP contribution is -2.31. The molecule has 0 unspecified atom stereocenters. The summed E-state index contributed by atoms with van der Waals surface area (Å²) in [5, 5.41) is 0. The van der Waals surface area contributed by atoms with Crippen molar-refractivity contribution in [3.8, 4) is 0 Å². The number of carbonyl (C=O) groups excluding carboxylic acids is 4. The van der Waals surface area contributed by atoms with Gasteiger partial charge in [-0.1, -0.05) is 6.58 Å². The summed E-state index contributed by atoms with van der Waals surface area (Å²) in [6.07, 6.45) is -4.64. The van der Waals surface area contributed by atoms with Gasteiger partial charge in [-0.25, -0.2) is 4.79 Å². The molecule has 0 aliphatic rings. The molecule has 7 nitrogen and oxygen atoms in total. The summed E-state index contributed by atoms with van der Waals surface area (Å²) in [4.78, 5) is 44.9. The zero-order chi connectivity index (χ0) is 18.9. The van der Waals surface area contributed by atoms with Gasteiger partial charge in [0.1, 0.15) is 6.61 Å². The van der Waals surface area contributed by atoms with E-state index in [1.807, 2.05) is 0 Å². The molecule has 0 aromatic heterocycles. The van der Waals surface area contributed by atoms with Crippen LogP contribution in [0.25, 0.3) is 0 Å². The average Bonchev–Trinajstić information content (AvgIpc) is 2.42. The van der Waals surface area contributed by atoms with E-state index in [-0.39, 0.29) is 18.8 Å². The summed E-state index contributed by atoms with van der Waals surface area (Å²) >= 11 is 0. The molecule has 0 aliphatic carbocycles. The van der Waals surface area contributed by atoms with Crippen molar-refractivity contribution < 1.29 is 46.6 Å². The van der Waals surface area contributed by atoms with Gasteiger partial charge in [-0.2, -0.15) is 13.2 Å². The molecular formula is C14H17F3O7. The van der Waals surface area contributed by atoms with Gasteiger partial charge in [0.05, 0.1) is 18.8 Å². The van der Waals surface area contributed by atoms with Gasteiger partial charge in [-0.05, 0) is 13.8 Å². The zero-order valence-electron chi connectivity index (χ0n) is 13.1. The smallest absolute Gasteiger partial charge is 0.422 e. The van der Waals surface area contributed by atoms with Crippen molar-refractivity contribution >= 4 is 23.5 Å². The molecule has 0 aromatic carbocycles. The SMILES string of the molecule is C=C(COCCOC(=O)C(C(C)=O)C(C)=O)C(=O)OCC(F)(F)F. The standard InChI is InChI=1S/C14H17F3O7/c1-8(12(20)24-7-14(15,16)17)6-22-4-5-23-13(21)11(9(2)18)10(3)19/h11H,1,4-7H2,2-3H3. The number of Topliss-reactive ketones (excluding diaryl/α,β-unsaturated/α-hetero) is 2. The van der Waals surface area contributed by atoms with Crippen molar-refractivity contribution in [1.29, 1.82) is 0 Å². The van der Waals surface area contributed by atoms with E-state index in [4.69, 9.17) is 4.74 Å². The largest absolute Gasteiger partial charge is 0.462 e. The minimum absolute atomic E-state index is 0.222. The van der Waals surface area contributed by atoms with Gasteiger partial charge >= 0.3 is 18.1 Å². The predicted octanol–water partition coefficient (Wildman–Crippen LogP) is 1.00.